The van der Waals surface area contributed by atoms with Gasteiger partial charge in [-0.3, -0.25) is 4.68 Å². The average molecular weight is 268 g/mol. The van der Waals surface area contributed by atoms with Gasteiger partial charge in [0.05, 0.1) is 6.20 Å². The number of nitrogens with zero attached hydrogens (tertiary/aromatic N) is 3. The van der Waals surface area contributed by atoms with Gasteiger partial charge in [-0.2, -0.15) is 5.10 Å². The Kier molecular flexibility index (Phi) is 3.54. The number of H-pyrrole nitrogens is 1. The number of aryl methyl sites for hydroxylation is 2. The molecule has 3 aromatic heterocycles. The lowest BCUT2D eigenvalue weighted by Crippen LogP contribution is -1.88. The predicted octanol–water partition coefficient (Wildman–Crippen LogP) is 3.70. The first-order chi connectivity index (χ1) is 9.78. The summed E-state index contributed by atoms with van der Waals surface area (Å²) in [5.41, 5.74) is 4.57. The van der Waals surface area contributed by atoms with Crippen molar-refractivity contribution in [3.63, 3.8) is 0 Å². The van der Waals surface area contributed by atoms with E-state index in [1.807, 2.05) is 36.5 Å². The average Bonchev–Trinajstić information content (AvgIpc) is 3.04. The number of aromatic amines is 1. The van der Waals surface area contributed by atoms with E-state index < -0.39 is 0 Å². The predicted molar refractivity (Wildman–Crippen MR) is 81.5 cm³/mol. The summed E-state index contributed by atoms with van der Waals surface area (Å²) in [6.45, 7) is 2.23. The molecule has 0 amide bonds. The summed E-state index contributed by atoms with van der Waals surface area (Å²) in [6.07, 6.45) is 12.8. The number of hydrogen-bond donors (Lipinski definition) is 1. The molecule has 0 spiro atoms. The third kappa shape index (κ3) is 2.46. The van der Waals surface area contributed by atoms with E-state index in [0.29, 0.717) is 0 Å². The van der Waals surface area contributed by atoms with Gasteiger partial charge in [0.2, 0.25) is 0 Å². The molecule has 0 aromatic carbocycles. The zero-order valence-corrected chi connectivity index (χ0v) is 12.1. The first-order valence-electron chi connectivity index (χ1n) is 7.23. The number of fused-ring (bicyclic) bond motifs is 1. The Bertz CT molecular complexity index is 708. The van der Waals surface area contributed by atoms with E-state index in [0.717, 1.165) is 17.6 Å². The minimum absolute atomic E-state index is 0.947. The van der Waals surface area contributed by atoms with Crippen molar-refractivity contribution in [2.75, 3.05) is 0 Å². The third-order valence-electron chi connectivity index (χ3n) is 3.67. The molecular formula is C16H20N4. The van der Waals surface area contributed by atoms with Gasteiger partial charge < -0.3 is 4.98 Å². The maximum Gasteiger partial charge on any atom is 0.137 e. The highest BCUT2D eigenvalue weighted by Crippen LogP contribution is 2.28. The van der Waals surface area contributed by atoms with E-state index in [-0.39, 0.29) is 0 Å². The Morgan fingerprint density at radius 2 is 2.15 bits per heavy atom. The standard InChI is InChI=1S/C16H20N4/c1-3-4-5-6-12-7-14-15(10-18-16(14)17-8-12)13-9-19-20(2)11-13/h7-11H,3-6H2,1-2H3,(H,17,18). The molecule has 0 saturated carbocycles. The van der Waals surface area contributed by atoms with Gasteiger partial charge in [-0.15, -0.1) is 0 Å². The summed E-state index contributed by atoms with van der Waals surface area (Å²) in [4.78, 5) is 7.77. The zero-order chi connectivity index (χ0) is 13.9. The van der Waals surface area contributed by atoms with Crippen LogP contribution in [0.3, 0.4) is 0 Å². The van der Waals surface area contributed by atoms with Crippen LogP contribution in [0.4, 0.5) is 0 Å². The van der Waals surface area contributed by atoms with Crippen LogP contribution in [0.25, 0.3) is 22.2 Å². The Morgan fingerprint density at radius 3 is 2.90 bits per heavy atom. The molecule has 0 aliphatic rings. The molecule has 3 rings (SSSR count). The minimum Gasteiger partial charge on any atom is -0.346 e. The van der Waals surface area contributed by atoms with Crippen LogP contribution in [0.1, 0.15) is 31.7 Å². The van der Waals surface area contributed by atoms with Crippen LogP contribution in [0, 0.1) is 0 Å². The van der Waals surface area contributed by atoms with Crippen LogP contribution in [-0.4, -0.2) is 19.7 Å². The van der Waals surface area contributed by atoms with Crippen LogP contribution in [0.5, 0.6) is 0 Å². The molecule has 0 saturated heterocycles. The van der Waals surface area contributed by atoms with E-state index in [1.54, 1.807) is 0 Å². The smallest absolute Gasteiger partial charge is 0.137 e. The number of aromatic nitrogens is 4. The summed E-state index contributed by atoms with van der Waals surface area (Å²) < 4.78 is 1.83. The van der Waals surface area contributed by atoms with Crippen LogP contribution in [-0.2, 0) is 13.5 Å². The first-order valence-corrected chi connectivity index (χ1v) is 7.23. The fourth-order valence-electron chi connectivity index (χ4n) is 2.56. The van der Waals surface area contributed by atoms with E-state index in [9.17, 15) is 0 Å². The van der Waals surface area contributed by atoms with Crippen molar-refractivity contribution in [3.8, 4) is 11.1 Å². The van der Waals surface area contributed by atoms with Crippen molar-refractivity contribution in [1.82, 2.24) is 19.7 Å². The zero-order valence-electron chi connectivity index (χ0n) is 12.1. The molecule has 0 unspecified atom stereocenters. The number of hydrogen-bond acceptors (Lipinski definition) is 2. The highest BCUT2D eigenvalue weighted by molar-refractivity contribution is 5.93. The molecule has 0 aliphatic heterocycles. The normalized spacial score (nSPS) is 11.3. The molecule has 1 N–H and O–H groups in total. The minimum atomic E-state index is 0.947. The third-order valence-corrected chi connectivity index (χ3v) is 3.67. The molecule has 104 valence electrons. The second-order valence-electron chi connectivity index (χ2n) is 5.30. The van der Waals surface area contributed by atoms with E-state index >= 15 is 0 Å². The van der Waals surface area contributed by atoms with Gasteiger partial charge in [0.15, 0.2) is 0 Å². The lowest BCUT2D eigenvalue weighted by atomic mass is 10.1. The highest BCUT2D eigenvalue weighted by atomic mass is 15.2. The summed E-state index contributed by atoms with van der Waals surface area (Å²) in [5.74, 6) is 0. The summed E-state index contributed by atoms with van der Waals surface area (Å²) in [7, 11) is 1.94. The molecule has 0 bridgehead atoms. The first kappa shape index (κ1) is 12.9. The summed E-state index contributed by atoms with van der Waals surface area (Å²) in [5, 5.41) is 5.43. The Hall–Kier alpha value is -2.10. The number of pyridine rings is 1. The lowest BCUT2D eigenvalue weighted by molar-refractivity contribution is 0.716. The van der Waals surface area contributed by atoms with Gasteiger partial charge >= 0.3 is 0 Å². The van der Waals surface area contributed by atoms with Gasteiger partial charge in [-0.05, 0) is 24.5 Å². The van der Waals surface area contributed by atoms with Gasteiger partial charge in [0, 0.05) is 42.2 Å². The second-order valence-corrected chi connectivity index (χ2v) is 5.30. The lowest BCUT2D eigenvalue weighted by Gasteiger charge is -2.01. The van der Waals surface area contributed by atoms with Gasteiger partial charge in [0.1, 0.15) is 5.65 Å². The van der Waals surface area contributed by atoms with Crippen LogP contribution >= 0.6 is 0 Å². The molecule has 20 heavy (non-hydrogen) atoms. The van der Waals surface area contributed by atoms with E-state index in [4.69, 9.17) is 0 Å². The maximum absolute atomic E-state index is 4.53. The molecule has 3 heterocycles. The summed E-state index contributed by atoms with van der Waals surface area (Å²) >= 11 is 0. The fraction of sp³-hybridized carbons (Fsp3) is 0.375. The van der Waals surface area contributed by atoms with Crippen molar-refractivity contribution in [2.45, 2.75) is 32.6 Å². The van der Waals surface area contributed by atoms with Crippen LogP contribution in [0.2, 0.25) is 0 Å². The Labute approximate surface area is 118 Å². The largest absolute Gasteiger partial charge is 0.346 e. The SMILES string of the molecule is CCCCCc1cnc2[nH]cc(-c3cnn(C)c3)c2c1. The molecule has 3 aromatic rings. The van der Waals surface area contributed by atoms with Crippen molar-refractivity contribution in [1.29, 1.82) is 0 Å². The molecule has 0 radical (unpaired) electrons. The molecule has 4 nitrogen and oxygen atoms in total. The van der Waals surface area contributed by atoms with Crippen LogP contribution < -0.4 is 0 Å². The van der Waals surface area contributed by atoms with Gasteiger partial charge in [-0.25, -0.2) is 4.98 Å². The molecule has 0 fully saturated rings. The fourth-order valence-corrected chi connectivity index (χ4v) is 2.56. The van der Waals surface area contributed by atoms with Crippen LogP contribution in [0.15, 0.2) is 30.9 Å². The monoisotopic (exact) mass is 268 g/mol. The van der Waals surface area contributed by atoms with Crippen molar-refractivity contribution in [3.05, 3.63) is 36.4 Å². The number of nitrogens with one attached hydrogen (secondary N) is 1. The topological polar surface area (TPSA) is 46.5 Å². The van der Waals surface area contributed by atoms with Crippen molar-refractivity contribution >= 4 is 11.0 Å². The molecule has 0 aliphatic carbocycles. The molecule has 4 heteroatoms. The number of rotatable bonds is 5. The number of unbranched alkanes of at least 4 members (excludes halogenated alkanes) is 2. The second kappa shape index (κ2) is 5.49. The highest BCUT2D eigenvalue weighted by Gasteiger charge is 2.09. The quantitative estimate of drug-likeness (QED) is 0.717. The Morgan fingerprint density at radius 1 is 1.25 bits per heavy atom. The van der Waals surface area contributed by atoms with E-state index in [1.165, 1.54) is 35.8 Å². The van der Waals surface area contributed by atoms with Gasteiger partial charge in [0.25, 0.3) is 0 Å². The van der Waals surface area contributed by atoms with E-state index in [2.05, 4.69) is 28.1 Å². The Balaban J connectivity index is 1.95. The van der Waals surface area contributed by atoms with Gasteiger partial charge in [-0.1, -0.05) is 19.8 Å². The summed E-state index contributed by atoms with van der Waals surface area (Å²) in [6, 6.07) is 2.26. The molecular weight excluding hydrogens is 248 g/mol. The van der Waals surface area contributed by atoms with Crippen molar-refractivity contribution < 1.29 is 0 Å². The van der Waals surface area contributed by atoms with Crippen molar-refractivity contribution in [2.24, 2.45) is 7.05 Å². The molecule has 0 atom stereocenters. The maximum atomic E-state index is 4.53.